The minimum atomic E-state index is -0.496. The van der Waals surface area contributed by atoms with Crippen LogP contribution >= 0.6 is 11.6 Å². The first-order valence-electron chi connectivity index (χ1n) is 13.5. The first-order chi connectivity index (χ1) is 18.1. The molecular weight excluding hydrogens is 502 g/mol. The Balaban J connectivity index is 0.000000336. The molecule has 0 bridgehead atoms. The molecule has 208 valence electrons. The molecule has 0 radical (unpaired) electrons. The molecule has 0 saturated carbocycles. The van der Waals surface area contributed by atoms with Crippen LogP contribution in [0.5, 0.6) is 0 Å². The van der Waals surface area contributed by atoms with Crippen molar-refractivity contribution in [1.82, 2.24) is 14.9 Å². The predicted octanol–water partition coefficient (Wildman–Crippen LogP) is 5.93. The predicted molar refractivity (Wildman–Crippen MR) is 153 cm³/mol. The molecule has 2 saturated heterocycles. The summed E-state index contributed by atoms with van der Waals surface area (Å²) in [5, 5.41) is 9.62. The molecule has 1 amide bonds. The first-order valence-corrected chi connectivity index (χ1v) is 13.9. The van der Waals surface area contributed by atoms with Crippen LogP contribution in [-0.4, -0.2) is 71.7 Å². The van der Waals surface area contributed by atoms with E-state index in [2.05, 4.69) is 27.9 Å². The molecule has 2 aromatic rings. The van der Waals surface area contributed by atoms with E-state index in [1.54, 1.807) is 11.2 Å². The summed E-state index contributed by atoms with van der Waals surface area (Å²) in [6, 6.07) is 8.02. The van der Waals surface area contributed by atoms with Crippen molar-refractivity contribution >= 4 is 29.2 Å². The highest BCUT2D eigenvalue weighted by Gasteiger charge is 2.30. The van der Waals surface area contributed by atoms with Crippen molar-refractivity contribution in [3.05, 3.63) is 52.4 Å². The number of aromatic nitrogens is 2. The van der Waals surface area contributed by atoms with Crippen molar-refractivity contribution < 1.29 is 14.3 Å². The van der Waals surface area contributed by atoms with Crippen LogP contribution in [0, 0.1) is 18.3 Å². The summed E-state index contributed by atoms with van der Waals surface area (Å²) in [6.45, 7) is 13.6. The highest BCUT2D eigenvalue weighted by Crippen LogP contribution is 2.28. The lowest BCUT2D eigenvalue weighted by molar-refractivity contribution is 0.0240. The molecule has 4 rings (SSSR count). The third-order valence-corrected chi connectivity index (χ3v) is 6.81. The average Bonchev–Trinajstić information content (AvgIpc) is 2.88. The smallest absolute Gasteiger partial charge is 0.410 e. The fraction of sp³-hybridized carbons (Fsp3) is 0.586. The van der Waals surface area contributed by atoms with E-state index < -0.39 is 5.60 Å². The standard InChI is InChI=1S/C20H31N5O3.C9H11Cl/c1-14-16(17(21)15-5-11-27-12-6-15)18(23-13-22-14)24-7-9-25(10-8-24)19(26)28-20(2,3)4;1-2-4-8-5-3-6-9(10)7-8/h13,15,21H,5-12H2,1-4H3;3,5-7H,2,4H2,1H3. The van der Waals surface area contributed by atoms with Crippen molar-refractivity contribution in [3.63, 3.8) is 0 Å². The van der Waals surface area contributed by atoms with Gasteiger partial charge in [-0.25, -0.2) is 14.8 Å². The molecule has 8 nitrogen and oxygen atoms in total. The van der Waals surface area contributed by atoms with Gasteiger partial charge in [0.2, 0.25) is 0 Å². The van der Waals surface area contributed by atoms with E-state index in [1.807, 2.05) is 45.9 Å². The summed E-state index contributed by atoms with van der Waals surface area (Å²) in [7, 11) is 0. The number of nitrogens with zero attached hydrogens (tertiary/aromatic N) is 4. The van der Waals surface area contributed by atoms with Crippen LogP contribution in [0.1, 0.15) is 63.8 Å². The quantitative estimate of drug-likeness (QED) is 0.470. The largest absolute Gasteiger partial charge is 0.444 e. The number of carbonyl (C=O) groups is 1. The van der Waals surface area contributed by atoms with Crippen molar-refractivity contribution in [2.75, 3.05) is 44.3 Å². The number of aryl methyl sites for hydroxylation is 2. The van der Waals surface area contributed by atoms with Gasteiger partial charge in [-0.05, 0) is 64.7 Å². The summed E-state index contributed by atoms with van der Waals surface area (Å²) >= 11 is 5.78. The lowest BCUT2D eigenvalue weighted by Gasteiger charge is -2.37. The van der Waals surface area contributed by atoms with Gasteiger partial charge in [-0.1, -0.05) is 37.1 Å². The van der Waals surface area contributed by atoms with Crippen LogP contribution in [0.2, 0.25) is 5.02 Å². The number of rotatable bonds is 5. The number of hydrogen-bond acceptors (Lipinski definition) is 7. The second kappa shape index (κ2) is 13.9. The van der Waals surface area contributed by atoms with Gasteiger partial charge < -0.3 is 24.7 Å². The van der Waals surface area contributed by atoms with E-state index in [4.69, 9.17) is 26.5 Å². The molecule has 2 fully saturated rings. The highest BCUT2D eigenvalue weighted by atomic mass is 35.5. The molecule has 38 heavy (non-hydrogen) atoms. The van der Waals surface area contributed by atoms with Crippen LogP contribution < -0.4 is 4.90 Å². The molecule has 1 N–H and O–H groups in total. The molecule has 0 unspecified atom stereocenters. The van der Waals surface area contributed by atoms with Crippen LogP contribution in [0.15, 0.2) is 30.6 Å². The van der Waals surface area contributed by atoms with Gasteiger partial charge in [-0.3, -0.25) is 0 Å². The van der Waals surface area contributed by atoms with Crippen LogP contribution in [0.25, 0.3) is 0 Å². The topological polar surface area (TPSA) is 91.6 Å². The monoisotopic (exact) mass is 543 g/mol. The molecule has 0 aliphatic carbocycles. The zero-order valence-corrected chi connectivity index (χ0v) is 24.2. The number of amides is 1. The van der Waals surface area contributed by atoms with Gasteiger partial charge in [0, 0.05) is 56.0 Å². The molecule has 2 aliphatic rings. The Kier molecular flexibility index (Phi) is 10.9. The number of benzene rings is 1. The minimum absolute atomic E-state index is 0.181. The Labute approximate surface area is 232 Å². The number of halogens is 1. The first kappa shape index (κ1) is 29.8. The Morgan fingerprint density at radius 1 is 1.16 bits per heavy atom. The van der Waals surface area contributed by atoms with E-state index in [0.717, 1.165) is 41.4 Å². The summed E-state index contributed by atoms with van der Waals surface area (Å²) in [4.78, 5) is 25.0. The molecule has 1 aromatic carbocycles. The third-order valence-electron chi connectivity index (χ3n) is 6.57. The van der Waals surface area contributed by atoms with Crippen molar-refractivity contribution in [2.45, 2.75) is 65.9 Å². The van der Waals surface area contributed by atoms with Gasteiger partial charge in [0.1, 0.15) is 17.7 Å². The van der Waals surface area contributed by atoms with E-state index >= 15 is 0 Å². The van der Waals surface area contributed by atoms with Crippen molar-refractivity contribution in [1.29, 1.82) is 5.41 Å². The summed E-state index contributed by atoms with van der Waals surface area (Å²) in [6.07, 6.45) is 5.31. The van der Waals surface area contributed by atoms with Gasteiger partial charge in [0.15, 0.2) is 0 Å². The maximum atomic E-state index is 12.3. The van der Waals surface area contributed by atoms with Crippen LogP contribution in [-0.2, 0) is 15.9 Å². The lowest BCUT2D eigenvalue weighted by atomic mass is 9.89. The Hall–Kier alpha value is -2.71. The summed E-state index contributed by atoms with van der Waals surface area (Å²) in [5.41, 5.74) is 3.10. The van der Waals surface area contributed by atoms with Crippen molar-refractivity contribution in [3.8, 4) is 0 Å². The highest BCUT2D eigenvalue weighted by molar-refractivity contribution is 6.30. The van der Waals surface area contributed by atoms with E-state index in [-0.39, 0.29) is 12.0 Å². The number of nitrogens with one attached hydrogen (secondary N) is 1. The summed E-state index contributed by atoms with van der Waals surface area (Å²) < 4.78 is 10.9. The molecule has 0 spiro atoms. The maximum absolute atomic E-state index is 12.3. The number of hydrogen-bond donors (Lipinski definition) is 1. The summed E-state index contributed by atoms with van der Waals surface area (Å²) in [5.74, 6) is 0.980. The Morgan fingerprint density at radius 3 is 2.45 bits per heavy atom. The van der Waals surface area contributed by atoms with Gasteiger partial charge in [-0.15, -0.1) is 0 Å². The molecule has 9 heteroatoms. The molecule has 0 atom stereocenters. The second-order valence-corrected chi connectivity index (χ2v) is 11.2. The number of ether oxygens (including phenoxy) is 2. The number of piperazine rings is 1. The third kappa shape index (κ3) is 8.67. The van der Waals surface area contributed by atoms with Crippen molar-refractivity contribution in [2.24, 2.45) is 5.92 Å². The van der Waals surface area contributed by atoms with Gasteiger partial charge >= 0.3 is 6.09 Å². The Morgan fingerprint density at radius 2 is 1.84 bits per heavy atom. The zero-order chi connectivity index (χ0) is 27.7. The zero-order valence-electron chi connectivity index (χ0n) is 23.4. The Bertz CT molecular complexity index is 1070. The van der Waals surface area contributed by atoms with E-state index in [0.29, 0.717) is 45.1 Å². The fourth-order valence-electron chi connectivity index (χ4n) is 4.62. The number of anilines is 1. The van der Waals surface area contributed by atoms with E-state index in [9.17, 15) is 4.79 Å². The fourth-order valence-corrected chi connectivity index (χ4v) is 4.83. The second-order valence-electron chi connectivity index (χ2n) is 10.8. The normalized spacial score (nSPS) is 16.5. The van der Waals surface area contributed by atoms with Crippen LogP contribution in [0.3, 0.4) is 0 Å². The molecule has 2 aliphatic heterocycles. The van der Waals surface area contributed by atoms with E-state index in [1.165, 1.54) is 12.0 Å². The van der Waals surface area contributed by atoms with Gasteiger partial charge in [0.25, 0.3) is 0 Å². The number of carbonyl (C=O) groups excluding carboxylic acids is 1. The maximum Gasteiger partial charge on any atom is 0.410 e. The average molecular weight is 544 g/mol. The molecule has 1 aromatic heterocycles. The molecular formula is C29H42ClN5O3. The minimum Gasteiger partial charge on any atom is -0.444 e. The molecule has 3 heterocycles. The van der Waals surface area contributed by atoms with Gasteiger partial charge in [-0.2, -0.15) is 0 Å². The SMILES string of the molecule is CCCc1cccc(Cl)c1.Cc1ncnc(N2CCN(C(=O)OC(C)(C)C)CC2)c1C(=N)C1CCOCC1. The van der Waals surface area contributed by atoms with Crippen LogP contribution in [0.4, 0.5) is 10.6 Å². The lowest BCUT2D eigenvalue weighted by Crippen LogP contribution is -2.50. The van der Waals surface area contributed by atoms with Gasteiger partial charge in [0.05, 0.1) is 11.3 Å².